The lowest BCUT2D eigenvalue weighted by atomic mass is 10.1. The van der Waals surface area contributed by atoms with Crippen molar-refractivity contribution in [1.29, 1.82) is 0 Å². The van der Waals surface area contributed by atoms with Gasteiger partial charge in [-0.25, -0.2) is 4.98 Å². The number of hydrogen-bond acceptors (Lipinski definition) is 4. The number of carbonyl (C=O) groups is 1. The van der Waals surface area contributed by atoms with Crippen LogP contribution >= 0.6 is 24.8 Å². The zero-order valence-corrected chi connectivity index (χ0v) is 15.1. The monoisotopic (exact) mass is 411 g/mol. The van der Waals surface area contributed by atoms with Crippen molar-refractivity contribution in [2.45, 2.75) is 12.6 Å². The first-order valence-electron chi connectivity index (χ1n) is 7.12. The number of amides is 1. The average molecular weight is 412 g/mol. The summed E-state index contributed by atoms with van der Waals surface area (Å²) < 4.78 is 41.3. The highest BCUT2D eigenvalue weighted by Gasteiger charge is 2.29. The molecule has 1 aromatic carbocycles. The van der Waals surface area contributed by atoms with E-state index >= 15 is 0 Å². The number of anilines is 1. The summed E-state index contributed by atoms with van der Waals surface area (Å²) in [6.07, 6.45) is -2.68. The highest BCUT2D eigenvalue weighted by molar-refractivity contribution is 5.96. The third-order valence-corrected chi connectivity index (χ3v) is 3.07. The van der Waals surface area contributed by atoms with E-state index in [1.165, 1.54) is 18.3 Å². The van der Waals surface area contributed by atoms with Gasteiger partial charge in [-0.3, -0.25) is 4.79 Å². The topological polar surface area (TPSA) is 77.2 Å². The van der Waals surface area contributed by atoms with Gasteiger partial charge in [-0.1, -0.05) is 12.1 Å². The van der Waals surface area contributed by atoms with Crippen molar-refractivity contribution in [1.82, 2.24) is 10.3 Å². The summed E-state index contributed by atoms with van der Waals surface area (Å²) in [6.45, 7) is -1.19. The number of benzene rings is 1. The SMILES string of the molecule is Cl.Cl.Nc1ccc(CCNC(=O)c2cccnc2OCC(F)(F)F)cc1. The van der Waals surface area contributed by atoms with E-state index in [-0.39, 0.29) is 36.3 Å². The first-order valence-corrected chi connectivity index (χ1v) is 7.12. The Bertz CT molecular complexity index is 698. The Morgan fingerprint density at radius 3 is 2.42 bits per heavy atom. The van der Waals surface area contributed by atoms with Crippen LogP contribution in [-0.2, 0) is 6.42 Å². The lowest BCUT2D eigenvalue weighted by molar-refractivity contribution is -0.154. The predicted molar refractivity (Wildman–Crippen MR) is 97.2 cm³/mol. The van der Waals surface area contributed by atoms with Gasteiger partial charge in [-0.05, 0) is 36.2 Å². The number of hydrogen-bond donors (Lipinski definition) is 2. The number of nitrogens with zero attached hydrogens (tertiary/aromatic N) is 1. The molecule has 0 saturated heterocycles. The molecule has 3 N–H and O–H groups in total. The number of rotatable bonds is 6. The maximum absolute atomic E-state index is 12.2. The summed E-state index contributed by atoms with van der Waals surface area (Å²) >= 11 is 0. The fourth-order valence-electron chi connectivity index (χ4n) is 1.93. The van der Waals surface area contributed by atoms with E-state index < -0.39 is 18.7 Å². The van der Waals surface area contributed by atoms with Gasteiger partial charge in [-0.15, -0.1) is 24.8 Å². The summed E-state index contributed by atoms with van der Waals surface area (Å²) in [4.78, 5) is 15.8. The molecule has 10 heteroatoms. The Kier molecular flexibility index (Phi) is 9.82. The molecule has 144 valence electrons. The first kappa shape index (κ1) is 23.8. The molecule has 1 heterocycles. The molecule has 2 aromatic rings. The van der Waals surface area contributed by atoms with E-state index in [2.05, 4.69) is 15.0 Å². The Morgan fingerprint density at radius 2 is 1.81 bits per heavy atom. The standard InChI is InChI=1S/C16H16F3N3O2.2ClH/c17-16(18,19)10-24-15-13(2-1-8-22-15)14(23)21-9-7-11-3-5-12(20)6-4-11;;/h1-6,8H,7,9-10,20H2,(H,21,23);2*1H. The van der Waals surface area contributed by atoms with Crippen LogP contribution in [0.2, 0.25) is 0 Å². The number of pyridine rings is 1. The van der Waals surface area contributed by atoms with Gasteiger partial charge in [0.1, 0.15) is 5.56 Å². The molecule has 0 aliphatic heterocycles. The van der Waals surface area contributed by atoms with Gasteiger partial charge in [-0.2, -0.15) is 13.2 Å². The van der Waals surface area contributed by atoms with Crippen molar-refractivity contribution < 1.29 is 22.7 Å². The molecule has 0 fully saturated rings. The number of nitrogen functional groups attached to an aromatic ring is 1. The highest BCUT2D eigenvalue weighted by atomic mass is 35.5. The van der Waals surface area contributed by atoms with Crippen molar-refractivity contribution in [2.75, 3.05) is 18.9 Å². The molecule has 0 saturated carbocycles. The summed E-state index contributed by atoms with van der Waals surface area (Å²) in [5.74, 6) is -0.893. The molecule has 0 aliphatic rings. The fourth-order valence-corrected chi connectivity index (χ4v) is 1.93. The van der Waals surface area contributed by atoms with Crippen LogP contribution in [0.3, 0.4) is 0 Å². The van der Waals surface area contributed by atoms with Crippen LogP contribution in [0.15, 0.2) is 42.6 Å². The van der Waals surface area contributed by atoms with Gasteiger partial charge >= 0.3 is 6.18 Å². The molecule has 26 heavy (non-hydrogen) atoms. The van der Waals surface area contributed by atoms with Crippen LogP contribution in [-0.4, -0.2) is 30.2 Å². The van der Waals surface area contributed by atoms with Crippen molar-refractivity contribution in [3.05, 3.63) is 53.7 Å². The van der Waals surface area contributed by atoms with Crippen LogP contribution in [0.25, 0.3) is 0 Å². The average Bonchev–Trinajstić information content (AvgIpc) is 2.54. The summed E-state index contributed by atoms with van der Waals surface area (Å²) in [6, 6.07) is 9.99. The van der Waals surface area contributed by atoms with Crippen LogP contribution in [0.4, 0.5) is 18.9 Å². The quantitative estimate of drug-likeness (QED) is 0.713. The molecule has 0 atom stereocenters. The van der Waals surface area contributed by atoms with Gasteiger partial charge in [0.25, 0.3) is 5.91 Å². The molecule has 1 aromatic heterocycles. The third kappa shape index (κ3) is 7.79. The van der Waals surface area contributed by atoms with E-state index in [1.807, 2.05) is 12.1 Å². The van der Waals surface area contributed by atoms with Gasteiger partial charge in [0, 0.05) is 18.4 Å². The zero-order valence-electron chi connectivity index (χ0n) is 13.5. The van der Waals surface area contributed by atoms with E-state index in [1.54, 1.807) is 12.1 Å². The highest BCUT2D eigenvalue weighted by Crippen LogP contribution is 2.19. The lowest BCUT2D eigenvalue weighted by Gasteiger charge is -2.12. The van der Waals surface area contributed by atoms with Crippen molar-refractivity contribution in [3.63, 3.8) is 0 Å². The number of carbonyl (C=O) groups excluding carboxylic acids is 1. The minimum Gasteiger partial charge on any atom is -0.467 e. The molecule has 5 nitrogen and oxygen atoms in total. The summed E-state index contributed by atoms with van der Waals surface area (Å²) in [7, 11) is 0. The van der Waals surface area contributed by atoms with Gasteiger partial charge in [0.05, 0.1) is 0 Å². The second-order valence-corrected chi connectivity index (χ2v) is 5.01. The smallest absolute Gasteiger partial charge is 0.422 e. The first-order chi connectivity index (χ1) is 11.3. The van der Waals surface area contributed by atoms with E-state index in [9.17, 15) is 18.0 Å². The number of nitrogens with one attached hydrogen (secondary N) is 1. The number of halogens is 5. The minimum atomic E-state index is -4.50. The molecular weight excluding hydrogens is 394 g/mol. The Hall–Kier alpha value is -2.19. The van der Waals surface area contributed by atoms with Crippen molar-refractivity contribution in [3.8, 4) is 5.88 Å². The largest absolute Gasteiger partial charge is 0.467 e. The van der Waals surface area contributed by atoms with Gasteiger partial charge in [0.2, 0.25) is 5.88 Å². The minimum absolute atomic E-state index is 0. The van der Waals surface area contributed by atoms with Crippen molar-refractivity contribution >= 4 is 36.4 Å². The number of ether oxygens (including phenoxy) is 1. The second kappa shape index (κ2) is 10.7. The summed E-state index contributed by atoms with van der Waals surface area (Å²) in [5.41, 5.74) is 7.16. The Balaban J connectivity index is 0.00000312. The van der Waals surface area contributed by atoms with E-state index in [0.29, 0.717) is 18.7 Å². The molecule has 1 amide bonds. The number of aromatic nitrogens is 1. The maximum Gasteiger partial charge on any atom is 0.422 e. The van der Waals surface area contributed by atoms with Gasteiger partial charge < -0.3 is 15.8 Å². The third-order valence-electron chi connectivity index (χ3n) is 3.07. The molecule has 0 unspecified atom stereocenters. The van der Waals surface area contributed by atoms with E-state index in [4.69, 9.17) is 5.73 Å². The van der Waals surface area contributed by atoms with Crippen molar-refractivity contribution in [2.24, 2.45) is 0 Å². The number of nitrogens with two attached hydrogens (primary N) is 1. The summed E-state index contributed by atoms with van der Waals surface area (Å²) in [5, 5.41) is 2.63. The van der Waals surface area contributed by atoms with Crippen LogP contribution in [0.5, 0.6) is 5.88 Å². The lowest BCUT2D eigenvalue weighted by Crippen LogP contribution is -2.27. The van der Waals surface area contributed by atoms with Crippen LogP contribution < -0.4 is 15.8 Å². The maximum atomic E-state index is 12.2. The molecule has 0 spiro atoms. The number of alkyl halides is 3. The molecule has 2 rings (SSSR count). The van der Waals surface area contributed by atoms with Crippen LogP contribution in [0.1, 0.15) is 15.9 Å². The predicted octanol–water partition coefficient (Wildman–Crippen LogP) is 3.42. The molecule has 0 aliphatic carbocycles. The zero-order chi connectivity index (χ0) is 17.6. The second-order valence-electron chi connectivity index (χ2n) is 5.01. The molecular formula is C16H18Cl2F3N3O2. The molecule has 0 bridgehead atoms. The Labute approximate surface area is 161 Å². The Morgan fingerprint density at radius 1 is 1.15 bits per heavy atom. The fraction of sp³-hybridized carbons (Fsp3) is 0.250. The molecule has 0 radical (unpaired) electrons. The van der Waals surface area contributed by atoms with Crippen LogP contribution in [0, 0.1) is 0 Å². The normalized spacial score (nSPS) is 10.3. The van der Waals surface area contributed by atoms with E-state index in [0.717, 1.165) is 5.56 Å². The van der Waals surface area contributed by atoms with Gasteiger partial charge in [0.15, 0.2) is 6.61 Å².